The number of pyridine rings is 2. The van der Waals surface area contributed by atoms with Gasteiger partial charge in [0.05, 0.1) is 11.1 Å². The van der Waals surface area contributed by atoms with Crippen molar-refractivity contribution in [1.82, 2.24) is 9.97 Å². The van der Waals surface area contributed by atoms with Crippen molar-refractivity contribution >= 4 is 0 Å². The molecule has 2 aliphatic heterocycles. The first-order valence-electron chi connectivity index (χ1n) is 13.0. The van der Waals surface area contributed by atoms with Crippen molar-refractivity contribution in [3.63, 3.8) is 0 Å². The summed E-state index contributed by atoms with van der Waals surface area (Å²) in [7, 11) is 0. The molecule has 4 heteroatoms. The van der Waals surface area contributed by atoms with Gasteiger partial charge in [-0.2, -0.15) is 0 Å². The third kappa shape index (κ3) is 3.18. The van der Waals surface area contributed by atoms with E-state index in [1.807, 2.05) is 61.1 Å². The van der Waals surface area contributed by atoms with Crippen LogP contribution in [0.4, 0.5) is 0 Å². The molecule has 0 radical (unpaired) electrons. The summed E-state index contributed by atoms with van der Waals surface area (Å²) in [6.45, 7) is 0. The Morgan fingerprint density at radius 2 is 1.00 bits per heavy atom. The second-order valence-corrected chi connectivity index (χ2v) is 9.82. The van der Waals surface area contributed by atoms with Gasteiger partial charge in [0.15, 0.2) is 0 Å². The summed E-state index contributed by atoms with van der Waals surface area (Å²) in [6, 6.07) is 39.6. The molecule has 4 aromatic carbocycles. The van der Waals surface area contributed by atoms with Gasteiger partial charge in [0.1, 0.15) is 23.0 Å². The van der Waals surface area contributed by atoms with Crippen LogP contribution in [-0.2, 0) is 5.41 Å². The maximum Gasteiger partial charge on any atom is 0.132 e. The van der Waals surface area contributed by atoms with Crippen LogP contribution in [0, 0.1) is 0 Å². The summed E-state index contributed by atoms with van der Waals surface area (Å²) in [4.78, 5) is 8.76. The number of nitrogens with zero attached hydrogens (tertiary/aromatic N) is 2. The number of para-hydroxylation sites is 2. The van der Waals surface area contributed by atoms with Crippen LogP contribution in [0.5, 0.6) is 23.0 Å². The molecule has 184 valence electrons. The average Bonchev–Trinajstić information content (AvgIpc) is 3.01. The van der Waals surface area contributed by atoms with Gasteiger partial charge in [-0.15, -0.1) is 0 Å². The Hall–Kier alpha value is -5.22. The SMILES string of the molecule is c1ccc(-c2ccc3c(c2)Oc2ccccc2C32c3ccccc3Oc3cc(-c4ccncc4)ccc32)nc1. The van der Waals surface area contributed by atoms with Crippen LogP contribution < -0.4 is 9.47 Å². The fourth-order valence-electron chi connectivity index (χ4n) is 6.09. The smallest absolute Gasteiger partial charge is 0.132 e. The molecule has 4 heterocycles. The highest BCUT2D eigenvalue weighted by Crippen LogP contribution is 2.61. The topological polar surface area (TPSA) is 44.2 Å². The lowest BCUT2D eigenvalue weighted by molar-refractivity contribution is 0.399. The first-order valence-corrected chi connectivity index (χ1v) is 13.0. The third-order valence-electron chi connectivity index (χ3n) is 7.77. The van der Waals surface area contributed by atoms with Crippen LogP contribution in [0.25, 0.3) is 22.4 Å². The van der Waals surface area contributed by atoms with E-state index >= 15 is 0 Å². The lowest BCUT2D eigenvalue weighted by Gasteiger charge is -2.45. The molecule has 4 nitrogen and oxygen atoms in total. The van der Waals surface area contributed by atoms with Crippen molar-refractivity contribution in [2.45, 2.75) is 5.41 Å². The Morgan fingerprint density at radius 3 is 1.64 bits per heavy atom. The zero-order valence-corrected chi connectivity index (χ0v) is 20.9. The fourth-order valence-corrected chi connectivity index (χ4v) is 6.09. The van der Waals surface area contributed by atoms with E-state index in [0.29, 0.717) is 0 Å². The van der Waals surface area contributed by atoms with E-state index in [4.69, 9.17) is 9.47 Å². The molecule has 0 saturated carbocycles. The van der Waals surface area contributed by atoms with Crippen LogP contribution in [0.2, 0.25) is 0 Å². The zero-order valence-electron chi connectivity index (χ0n) is 20.9. The molecular weight excluding hydrogens is 480 g/mol. The van der Waals surface area contributed by atoms with Crippen LogP contribution >= 0.6 is 0 Å². The first-order chi connectivity index (χ1) is 19.3. The molecule has 0 amide bonds. The minimum Gasteiger partial charge on any atom is -0.457 e. The molecule has 0 saturated heterocycles. The van der Waals surface area contributed by atoms with E-state index in [-0.39, 0.29) is 0 Å². The van der Waals surface area contributed by atoms with E-state index in [0.717, 1.165) is 67.6 Å². The van der Waals surface area contributed by atoms with Gasteiger partial charge < -0.3 is 9.47 Å². The standard InChI is InChI=1S/C35H22N2O2/c1-3-10-31-26(7-1)35(28-14-12-24(21-33(28)38-31)23-16-19-36-20-17-23)27-8-2-4-11-32(27)39-34-22-25(13-15-29(34)35)30-9-5-6-18-37-30/h1-22H. The number of ether oxygens (including phenoxy) is 2. The Kier molecular flexibility index (Phi) is 4.70. The normalized spacial score (nSPS) is 16.2. The lowest BCUT2D eigenvalue weighted by atomic mass is 9.62. The number of rotatable bonds is 2. The molecule has 1 atom stereocenters. The molecule has 2 aliphatic rings. The maximum absolute atomic E-state index is 6.62. The van der Waals surface area contributed by atoms with Crippen LogP contribution in [0.15, 0.2) is 134 Å². The molecule has 2 aromatic heterocycles. The predicted molar refractivity (Wildman–Crippen MR) is 151 cm³/mol. The van der Waals surface area contributed by atoms with Crippen molar-refractivity contribution < 1.29 is 9.47 Å². The minimum absolute atomic E-state index is 0.617. The summed E-state index contributed by atoms with van der Waals surface area (Å²) in [6.07, 6.45) is 5.45. The third-order valence-corrected chi connectivity index (χ3v) is 7.77. The Bertz CT molecular complexity index is 1730. The van der Waals surface area contributed by atoms with Crippen LogP contribution in [0.3, 0.4) is 0 Å². The van der Waals surface area contributed by atoms with E-state index in [9.17, 15) is 0 Å². The molecule has 39 heavy (non-hydrogen) atoms. The second kappa shape index (κ2) is 8.40. The van der Waals surface area contributed by atoms with E-state index in [2.05, 4.69) is 82.8 Å². The highest BCUT2D eigenvalue weighted by Gasteiger charge is 2.50. The molecule has 6 aromatic rings. The number of fused-ring (bicyclic) bond motifs is 8. The van der Waals surface area contributed by atoms with Gasteiger partial charge in [-0.05, 0) is 59.7 Å². The lowest BCUT2D eigenvalue weighted by Crippen LogP contribution is -2.36. The van der Waals surface area contributed by atoms with Crippen molar-refractivity contribution in [2.24, 2.45) is 0 Å². The quantitative estimate of drug-likeness (QED) is 0.238. The highest BCUT2D eigenvalue weighted by molar-refractivity contribution is 5.79. The van der Waals surface area contributed by atoms with E-state index in [1.165, 1.54) is 0 Å². The average molecular weight is 503 g/mol. The monoisotopic (exact) mass is 502 g/mol. The fraction of sp³-hybridized carbons (Fsp3) is 0.0286. The Balaban J connectivity index is 1.44. The summed E-state index contributed by atoms with van der Waals surface area (Å²) in [5, 5.41) is 0. The summed E-state index contributed by atoms with van der Waals surface area (Å²) in [5.41, 5.74) is 7.83. The van der Waals surface area contributed by atoms with Gasteiger partial charge in [-0.3, -0.25) is 9.97 Å². The molecule has 0 fully saturated rings. The first kappa shape index (κ1) is 21.8. The van der Waals surface area contributed by atoms with Crippen molar-refractivity contribution in [3.8, 4) is 45.4 Å². The Morgan fingerprint density at radius 1 is 0.436 bits per heavy atom. The van der Waals surface area contributed by atoms with Crippen LogP contribution in [-0.4, -0.2) is 9.97 Å². The summed E-state index contributed by atoms with van der Waals surface area (Å²) in [5.74, 6) is 3.33. The highest BCUT2D eigenvalue weighted by atomic mass is 16.5. The van der Waals surface area contributed by atoms with E-state index < -0.39 is 5.41 Å². The van der Waals surface area contributed by atoms with Gasteiger partial charge in [0, 0.05) is 46.4 Å². The van der Waals surface area contributed by atoms with E-state index in [1.54, 1.807) is 0 Å². The van der Waals surface area contributed by atoms with Gasteiger partial charge in [0.25, 0.3) is 0 Å². The molecular formula is C35H22N2O2. The Labute approximate surface area is 226 Å². The summed E-state index contributed by atoms with van der Waals surface area (Å²) < 4.78 is 13.2. The minimum atomic E-state index is -0.617. The molecule has 0 N–H and O–H groups in total. The van der Waals surface area contributed by atoms with Crippen molar-refractivity contribution in [3.05, 3.63) is 156 Å². The number of aromatic nitrogens is 2. The van der Waals surface area contributed by atoms with Gasteiger partial charge >= 0.3 is 0 Å². The number of hydrogen-bond acceptors (Lipinski definition) is 4. The zero-order chi connectivity index (χ0) is 25.8. The van der Waals surface area contributed by atoms with Gasteiger partial charge in [-0.25, -0.2) is 0 Å². The maximum atomic E-state index is 6.62. The second-order valence-electron chi connectivity index (χ2n) is 9.82. The number of hydrogen-bond donors (Lipinski definition) is 0. The molecule has 8 rings (SSSR count). The van der Waals surface area contributed by atoms with Crippen LogP contribution in [0.1, 0.15) is 22.3 Å². The molecule has 1 unspecified atom stereocenters. The largest absolute Gasteiger partial charge is 0.457 e. The van der Waals surface area contributed by atoms with Gasteiger partial charge in [-0.1, -0.05) is 66.7 Å². The summed E-state index contributed by atoms with van der Waals surface area (Å²) >= 11 is 0. The predicted octanol–water partition coefficient (Wildman–Crippen LogP) is 8.40. The molecule has 0 aliphatic carbocycles. The van der Waals surface area contributed by atoms with Crippen molar-refractivity contribution in [2.75, 3.05) is 0 Å². The molecule has 1 spiro atoms. The number of benzene rings is 4. The van der Waals surface area contributed by atoms with Crippen molar-refractivity contribution in [1.29, 1.82) is 0 Å². The van der Waals surface area contributed by atoms with Gasteiger partial charge in [0.2, 0.25) is 0 Å². The molecule has 0 bridgehead atoms.